The van der Waals surface area contributed by atoms with Crippen molar-refractivity contribution in [3.8, 4) is 0 Å². The fourth-order valence-electron chi connectivity index (χ4n) is 4.59. The first-order valence-electron chi connectivity index (χ1n) is 11.2. The monoisotopic (exact) mass is 436 g/mol. The number of hydrogen-bond donors (Lipinski definition) is 2. The van der Waals surface area contributed by atoms with Crippen molar-refractivity contribution in [1.82, 2.24) is 25.7 Å². The molecule has 2 aliphatic rings. The minimum atomic E-state index is -0.449. The molecule has 1 atom stereocenters. The van der Waals surface area contributed by atoms with E-state index in [1.165, 1.54) is 5.56 Å². The normalized spacial score (nSPS) is 21.0. The van der Waals surface area contributed by atoms with Crippen LogP contribution in [-0.2, 0) is 5.54 Å². The molecular formula is C24H32N6O2. The van der Waals surface area contributed by atoms with Crippen molar-refractivity contribution in [3.63, 3.8) is 0 Å². The summed E-state index contributed by atoms with van der Waals surface area (Å²) in [7, 11) is 0. The number of urea groups is 1. The van der Waals surface area contributed by atoms with Crippen LogP contribution in [0.25, 0.3) is 0 Å². The fraction of sp³-hybridized carbons (Fsp3) is 0.500. The van der Waals surface area contributed by atoms with Crippen LogP contribution in [0.5, 0.6) is 0 Å². The smallest absolute Gasteiger partial charge is 0.315 e. The highest BCUT2D eigenvalue weighted by Crippen LogP contribution is 2.32. The Labute approximate surface area is 189 Å². The van der Waals surface area contributed by atoms with Crippen molar-refractivity contribution in [2.75, 3.05) is 37.6 Å². The third-order valence-electron chi connectivity index (χ3n) is 7.10. The molecule has 0 bridgehead atoms. The summed E-state index contributed by atoms with van der Waals surface area (Å²) in [5.41, 5.74) is 4.50. The minimum Gasteiger partial charge on any atom is -0.351 e. The van der Waals surface area contributed by atoms with E-state index in [2.05, 4.69) is 53.4 Å². The van der Waals surface area contributed by atoms with Crippen LogP contribution in [0.2, 0.25) is 0 Å². The molecule has 8 heteroatoms. The summed E-state index contributed by atoms with van der Waals surface area (Å²) in [6.45, 7) is 13.6. The average Bonchev–Trinajstić information content (AvgIpc) is 3.20. The summed E-state index contributed by atoms with van der Waals surface area (Å²) >= 11 is 0. The number of carbonyl (C=O) groups is 2. The molecule has 2 saturated heterocycles. The molecule has 8 nitrogen and oxygen atoms in total. The Bertz CT molecular complexity index is 1030. The molecule has 3 heterocycles. The Morgan fingerprint density at radius 3 is 2.22 bits per heavy atom. The van der Waals surface area contributed by atoms with Crippen LogP contribution in [0.3, 0.4) is 0 Å². The standard InChI is InChI=1S/C24H32N6O2/c1-15(2)24(14-25-23(32)26-24)20-8-6-19(7-9-20)22(31)30-12-10-29(11-13-30)21-17(4)16(3)18(5)27-28-21/h6-9,15H,10-14H2,1-5H3,(H2,25,26,32)/t24-/m1/s1. The third-order valence-corrected chi connectivity index (χ3v) is 7.10. The van der Waals surface area contributed by atoms with E-state index in [4.69, 9.17) is 0 Å². The Balaban J connectivity index is 1.44. The number of carbonyl (C=O) groups excluding carboxylic acids is 2. The SMILES string of the molecule is Cc1nnc(N2CCN(C(=O)c3ccc([C@]4(C(C)C)CNC(=O)N4)cc3)CC2)c(C)c1C. The summed E-state index contributed by atoms with van der Waals surface area (Å²) in [5, 5.41) is 14.6. The lowest BCUT2D eigenvalue weighted by Gasteiger charge is -2.36. The Hall–Kier alpha value is -3.16. The lowest BCUT2D eigenvalue weighted by atomic mass is 9.80. The Morgan fingerprint density at radius 2 is 1.66 bits per heavy atom. The van der Waals surface area contributed by atoms with Crippen LogP contribution in [0, 0.1) is 26.7 Å². The van der Waals surface area contributed by atoms with Gasteiger partial charge in [0.25, 0.3) is 5.91 Å². The minimum absolute atomic E-state index is 0.0336. The van der Waals surface area contributed by atoms with Gasteiger partial charge in [-0.1, -0.05) is 26.0 Å². The zero-order chi connectivity index (χ0) is 23.0. The number of anilines is 1. The maximum Gasteiger partial charge on any atom is 0.315 e. The number of nitrogens with one attached hydrogen (secondary N) is 2. The van der Waals surface area contributed by atoms with Crippen LogP contribution in [0.15, 0.2) is 24.3 Å². The highest BCUT2D eigenvalue weighted by Gasteiger charge is 2.42. The number of nitrogens with zero attached hydrogens (tertiary/aromatic N) is 4. The number of rotatable bonds is 4. The number of benzene rings is 1. The van der Waals surface area contributed by atoms with E-state index in [9.17, 15) is 9.59 Å². The van der Waals surface area contributed by atoms with Gasteiger partial charge in [-0.05, 0) is 55.5 Å². The van der Waals surface area contributed by atoms with Crippen LogP contribution >= 0.6 is 0 Å². The molecule has 0 saturated carbocycles. The summed E-state index contributed by atoms with van der Waals surface area (Å²) < 4.78 is 0. The van der Waals surface area contributed by atoms with Gasteiger partial charge in [0.05, 0.1) is 11.2 Å². The third kappa shape index (κ3) is 3.78. The molecule has 4 rings (SSSR count). The molecule has 1 aromatic carbocycles. The zero-order valence-electron chi connectivity index (χ0n) is 19.5. The largest absolute Gasteiger partial charge is 0.351 e. The van der Waals surface area contributed by atoms with Crippen molar-refractivity contribution in [3.05, 3.63) is 52.2 Å². The molecular weight excluding hydrogens is 404 g/mol. The molecule has 2 aliphatic heterocycles. The van der Waals surface area contributed by atoms with Crippen molar-refractivity contribution >= 4 is 17.8 Å². The second-order valence-electron chi connectivity index (χ2n) is 9.15. The molecule has 0 aliphatic carbocycles. The second kappa shape index (κ2) is 8.41. The van der Waals surface area contributed by atoms with E-state index >= 15 is 0 Å². The molecule has 3 amide bonds. The van der Waals surface area contributed by atoms with Crippen molar-refractivity contribution in [2.45, 2.75) is 40.2 Å². The van der Waals surface area contributed by atoms with Crippen LogP contribution in [0.4, 0.5) is 10.6 Å². The van der Waals surface area contributed by atoms with Crippen molar-refractivity contribution in [2.24, 2.45) is 5.92 Å². The molecule has 32 heavy (non-hydrogen) atoms. The lowest BCUT2D eigenvalue weighted by Crippen LogP contribution is -2.49. The fourth-order valence-corrected chi connectivity index (χ4v) is 4.59. The maximum absolute atomic E-state index is 13.1. The molecule has 170 valence electrons. The average molecular weight is 437 g/mol. The number of hydrogen-bond acceptors (Lipinski definition) is 5. The van der Waals surface area contributed by atoms with Crippen molar-refractivity contribution < 1.29 is 9.59 Å². The van der Waals surface area contributed by atoms with Gasteiger partial charge in [0, 0.05) is 38.3 Å². The summed E-state index contributed by atoms with van der Waals surface area (Å²) in [5.74, 6) is 1.16. The topological polar surface area (TPSA) is 90.5 Å². The van der Waals surface area contributed by atoms with Gasteiger partial charge in [-0.3, -0.25) is 4.79 Å². The van der Waals surface area contributed by atoms with Crippen LogP contribution < -0.4 is 15.5 Å². The van der Waals surface area contributed by atoms with Gasteiger partial charge in [0.15, 0.2) is 5.82 Å². The van der Waals surface area contributed by atoms with E-state index < -0.39 is 5.54 Å². The van der Waals surface area contributed by atoms with Crippen LogP contribution in [0.1, 0.15) is 46.6 Å². The van der Waals surface area contributed by atoms with Gasteiger partial charge in [-0.2, -0.15) is 5.10 Å². The summed E-state index contributed by atoms with van der Waals surface area (Å²) in [6, 6.07) is 7.52. The summed E-state index contributed by atoms with van der Waals surface area (Å²) in [4.78, 5) is 29.0. The summed E-state index contributed by atoms with van der Waals surface area (Å²) in [6.07, 6.45) is 0. The van der Waals surface area contributed by atoms with Crippen molar-refractivity contribution in [1.29, 1.82) is 0 Å². The maximum atomic E-state index is 13.1. The zero-order valence-corrected chi connectivity index (χ0v) is 19.5. The molecule has 0 unspecified atom stereocenters. The first kappa shape index (κ1) is 22.0. The van der Waals surface area contributed by atoms with Gasteiger partial charge in [0.1, 0.15) is 0 Å². The van der Waals surface area contributed by atoms with Gasteiger partial charge < -0.3 is 20.4 Å². The van der Waals surface area contributed by atoms with Crippen LogP contribution in [-0.4, -0.2) is 59.8 Å². The number of piperazine rings is 1. The Kier molecular flexibility index (Phi) is 5.79. The molecule has 0 radical (unpaired) electrons. The van der Waals surface area contributed by atoms with E-state index in [1.807, 2.05) is 36.1 Å². The van der Waals surface area contributed by atoms with Gasteiger partial charge in [0.2, 0.25) is 0 Å². The van der Waals surface area contributed by atoms with Gasteiger partial charge in [-0.25, -0.2) is 4.79 Å². The van der Waals surface area contributed by atoms with Gasteiger partial charge >= 0.3 is 6.03 Å². The van der Waals surface area contributed by atoms with E-state index in [0.29, 0.717) is 25.2 Å². The number of aryl methyl sites for hydroxylation is 1. The van der Waals surface area contributed by atoms with E-state index in [0.717, 1.165) is 35.7 Å². The van der Waals surface area contributed by atoms with E-state index in [-0.39, 0.29) is 17.9 Å². The lowest BCUT2D eigenvalue weighted by molar-refractivity contribution is 0.0746. The highest BCUT2D eigenvalue weighted by atomic mass is 16.2. The number of aromatic nitrogens is 2. The van der Waals surface area contributed by atoms with E-state index in [1.54, 1.807) is 0 Å². The predicted octanol–water partition coefficient (Wildman–Crippen LogP) is 2.53. The second-order valence-corrected chi connectivity index (χ2v) is 9.15. The molecule has 2 N–H and O–H groups in total. The molecule has 1 aromatic heterocycles. The first-order valence-corrected chi connectivity index (χ1v) is 11.2. The molecule has 2 fully saturated rings. The number of amides is 3. The molecule has 0 spiro atoms. The predicted molar refractivity (Wildman–Crippen MR) is 124 cm³/mol. The quantitative estimate of drug-likeness (QED) is 0.769. The molecule has 2 aromatic rings. The Morgan fingerprint density at radius 1 is 1.00 bits per heavy atom. The first-order chi connectivity index (χ1) is 15.2. The van der Waals surface area contributed by atoms with Gasteiger partial charge in [-0.15, -0.1) is 5.10 Å². The highest BCUT2D eigenvalue weighted by molar-refractivity contribution is 5.94.